The van der Waals surface area contributed by atoms with Crippen molar-refractivity contribution in [2.45, 2.75) is 59.2 Å². The first-order valence-corrected chi connectivity index (χ1v) is 8.83. The minimum Gasteiger partial charge on any atom is -0.349 e. The first-order chi connectivity index (χ1) is 10.8. The number of carbonyl (C=O) groups excluding carboxylic acids is 1. The minimum absolute atomic E-state index is 0.164. The van der Waals surface area contributed by atoms with Crippen LogP contribution >= 0.6 is 0 Å². The third kappa shape index (κ3) is 2.50. The van der Waals surface area contributed by atoms with Gasteiger partial charge in [-0.2, -0.15) is 0 Å². The quantitative estimate of drug-likeness (QED) is 0.834. The SMILES string of the molecule is CC(C)C[C@@]1(C)C[C@@]2(c3ccccc3)OC[C@H](C(C)C)N2C1=O. The average Bonchev–Trinajstić information content (AvgIpc) is 2.95. The first-order valence-electron chi connectivity index (χ1n) is 8.83. The molecule has 2 fully saturated rings. The fraction of sp³-hybridized carbons (Fsp3) is 0.650. The van der Waals surface area contributed by atoms with Crippen molar-refractivity contribution in [3.05, 3.63) is 35.9 Å². The van der Waals surface area contributed by atoms with Crippen LogP contribution in [0.15, 0.2) is 30.3 Å². The maximum Gasteiger partial charge on any atom is 0.231 e. The monoisotopic (exact) mass is 315 g/mol. The fourth-order valence-electron chi connectivity index (χ4n) is 4.56. The predicted octanol–water partition coefficient (Wildman–Crippen LogP) is 4.18. The molecular weight excluding hydrogens is 286 g/mol. The van der Waals surface area contributed by atoms with Crippen molar-refractivity contribution in [2.24, 2.45) is 17.3 Å². The lowest BCUT2D eigenvalue weighted by molar-refractivity contribution is -0.144. The number of nitrogens with zero attached hydrogens (tertiary/aromatic N) is 1. The van der Waals surface area contributed by atoms with Crippen LogP contribution in [0.25, 0.3) is 0 Å². The highest BCUT2D eigenvalue weighted by Crippen LogP contribution is 2.56. The molecular formula is C20H29NO2. The van der Waals surface area contributed by atoms with Crippen molar-refractivity contribution in [2.75, 3.05) is 6.61 Å². The standard InChI is InChI=1S/C20H29NO2/c1-14(2)11-19(5)13-20(16-9-7-6-8-10-16)21(18(19)22)17(12-23-20)15(3)4/h6-10,14-15,17H,11-13H2,1-5H3/t17-,19+,20+/m1/s1. The topological polar surface area (TPSA) is 29.5 Å². The van der Waals surface area contributed by atoms with Gasteiger partial charge >= 0.3 is 0 Å². The van der Waals surface area contributed by atoms with Crippen LogP contribution in [0.5, 0.6) is 0 Å². The summed E-state index contributed by atoms with van der Waals surface area (Å²) in [7, 11) is 0. The van der Waals surface area contributed by atoms with Gasteiger partial charge in [-0.1, -0.05) is 65.0 Å². The van der Waals surface area contributed by atoms with Gasteiger partial charge in [-0.25, -0.2) is 0 Å². The molecule has 1 aromatic rings. The normalized spacial score (nSPS) is 33.8. The molecule has 1 amide bonds. The zero-order chi connectivity index (χ0) is 16.8. The lowest BCUT2D eigenvalue weighted by Gasteiger charge is -2.34. The van der Waals surface area contributed by atoms with Crippen molar-refractivity contribution in [1.82, 2.24) is 4.90 Å². The second-order valence-electron chi connectivity index (χ2n) is 8.28. The number of fused-ring (bicyclic) bond motifs is 1. The molecule has 3 nitrogen and oxygen atoms in total. The second kappa shape index (κ2) is 5.62. The summed E-state index contributed by atoms with van der Waals surface area (Å²) in [4.78, 5) is 15.5. The Bertz CT molecular complexity index is 583. The summed E-state index contributed by atoms with van der Waals surface area (Å²) in [6.07, 6.45) is 1.66. The van der Waals surface area contributed by atoms with E-state index in [4.69, 9.17) is 4.74 Å². The van der Waals surface area contributed by atoms with Gasteiger partial charge in [0.25, 0.3) is 0 Å². The highest BCUT2D eigenvalue weighted by atomic mass is 16.5. The number of hydrogen-bond donors (Lipinski definition) is 0. The van der Waals surface area contributed by atoms with Crippen LogP contribution in [0.4, 0.5) is 0 Å². The summed E-state index contributed by atoms with van der Waals surface area (Å²) in [5, 5.41) is 0. The first kappa shape index (κ1) is 16.5. The Hall–Kier alpha value is -1.35. The average molecular weight is 315 g/mol. The Balaban J connectivity index is 2.07. The predicted molar refractivity (Wildman–Crippen MR) is 91.7 cm³/mol. The van der Waals surface area contributed by atoms with Gasteiger partial charge in [0.1, 0.15) is 0 Å². The molecule has 0 unspecified atom stereocenters. The number of carbonyl (C=O) groups is 1. The molecule has 3 heteroatoms. The van der Waals surface area contributed by atoms with Crippen molar-refractivity contribution in [3.8, 4) is 0 Å². The van der Waals surface area contributed by atoms with Crippen molar-refractivity contribution >= 4 is 5.91 Å². The third-order valence-electron chi connectivity index (χ3n) is 5.43. The molecule has 2 heterocycles. The smallest absolute Gasteiger partial charge is 0.231 e. The summed E-state index contributed by atoms with van der Waals surface area (Å²) in [5.41, 5.74) is 0.207. The van der Waals surface area contributed by atoms with E-state index in [0.29, 0.717) is 18.4 Å². The molecule has 2 saturated heterocycles. The van der Waals surface area contributed by atoms with E-state index in [0.717, 1.165) is 18.4 Å². The third-order valence-corrected chi connectivity index (χ3v) is 5.43. The van der Waals surface area contributed by atoms with Crippen LogP contribution in [0, 0.1) is 17.3 Å². The Morgan fingerprint density at radius 3 is 2.43 bits per heavy atom. The fourth-order valence-corrected chi connectivity index (χ4v) is 4.56. The number of rotatable bonds is 4. The maximum absolute atomic E-state index is 13.4. The van der Waals surface area contributed by atoms with E-state index in [1.54, 1.807) is 0 Å². The van der Waals surface area contributed by atoms with Crippen LogP contribution in [-0.4, -0.2) is 23.5 Å². The molecule has 0 aliphatic carbocycles. The van der Waals surface area contributed by atoms with E-state index in [9.17, 15) is 4.79 Å². The summed E-state index contributed by atoms with van der Waals surface area (Å²) in [6.45, 7) is 11.5. The molecule has 0 aromatic heterocycles. The molecule has 1 aromatic carbocycles. The summed E-state index contributed by atoms with van der Waals surface area (Å²) in [6, 6.07) is 10.5. The molecule has 2 aliphatic heterocycles. The number of amides is 1. The van der Waals surface area contributed by atoms with E-state index >= 15 is 0 Å². The molecule has 3 atom stereocenters. The van der Waals surface area contributed by atoms with Gasteiger partial charge in [0.2, 0.25) is 5.91 Å². The van der Waals surface area contributed by atoms with Gasteiger partial charge in [0, 0.05) is 12.0 Å². The lowest BCUT2D eigenvalue weighted by atomic mass is 9.77. The van der Waals surface area contributed by atoms with Crippen LogP contribution in [-0.2, 0) is 15.3 Å². The molecule has 0 radical (unpaired) electrons. The minimum atomic E-state index is -0.572. The molecule has 126 valence electrons. The van der Waals surface area contributed by atoms with Crippen molar-refractivity contribution in [3.63, 3.8) is 0 Å². The molecule has 0 spiro atoms. The Morgan fingerprint density at radius 1 is 1.22 bits per heavy atom. The van der Waals surface area contributed by atoms with Crippen LogP contribution < -0.4 is 0 Å². The van der Waals surface area contributed by atoms with E-state index in [-0.39, 0.29) is 17.4 Å². The molecule has 23 heavy (non-hydrogen) atoms. The lowest BCUT2D eigenvalue weighted by Crippen LogP contribution is -2.46. The van der Waals surface area contributed by atoms with Crippen molar-refractivity contribution < 1.29 is 9.53 Å². The highest BCUT2D eigenvalue weighted by molar-refractivity contribution is 5.86. The van der Waals surface area contributed by atoms with Gasteiger partial charge in [0.15, 0.2) is 5.72 Å². The van der Waals surface area contributed by atoms with Gasteiger partial charge in [-0.3, -0.25) is 4.79 Å². The second-order valence-corrected chi connectivity index (χ2v) is 8.28. The molecule has 0 saturated carbocycles. The number of ether oxygens (including phenoxy) is 1. The zero-order valence-corrected chi connectivity index (χ0v) is 15.0. The van der Waals surface area contributed by atoms with Crippen molar-refractivity contribution in [1.29, 1.82) is 0 Å². The van der Waals surface area contributed by atoms with Gasteiger partial charge in [-0.05, 0) is 18.3 Å². The summed E-state index contributed by atoms with van der Waals surface area (Å²) in [5.74, 6) is 1.16. The largest absolute Gasteiger partial charge is 0.349 e. The molecule has 2 aliphatic rings. The van der Waals surface area contributed by atoms with E-state index < -0.39 is 5.72 Å². The molecule has 3 rings (SSSR count). The van der Waals surface area contributed by atoms with Gasteiger partial charge < -0.3 is 9.64 Å². The summed E-state index contributed by atoms with van der Waals surface area (Å²) < 4.78 is 6.38. The van der Waals surface area contributed by atoms with E-state index in [1.165, 1.54) is 0 Å². The van der Waals surface area contributed by atoms with Crippen LogP contribution in [0.3, 0.4) is 0 Å². The van der Waals surface area contributed by atoms with Crippen LogP contribution in [0.2, 0.25) is 0 Å². The van der Waals surface area contributed by atoms with E-state index in [1.807, 2.05) is 18.2 Å². The Morgan fingerprint density at radius 2 is 1.87 bits per heavy atom. The number of hydrogen-bond acceptors (Lipinski definition) is 2. The molecule has 0 N–H and O–H groups in total. The number of benzene rings is 1. The Kier molecular flexibility index (Phi) is 4.04. The van der Waals surface area contributed by atoms with E-state index in [2.05, 4.69) is 51.7 Å². The maximum atomic E-state index is 13.4. The molecule has 0 bridgehead atoms. The van der Waals surface area contributed by atoms with Gasteiger partial charge in [-0.15, -0.1) is 0 Å². The summed E-state index contributed by atoms with van der Waals surface area (Å²) >= 11 is 0. The van der Waals surface area contributed by atoms with Gasteiger partial charge in [0.05, 0.1) is 18.1 Å². The highest BCUT2D eigenvalue weighted by Gasteiger charge is 2.64. The van der Waals surface area contributed by atoms with Crippen LogP contribution in [0.1, 0.15) is 53.0 Å². The Labute approximate surface area is 140 Å². The zero-order valence-electron chi connectivity index (χ0n) is 15.0.